The zero-order valence-corrected chi connectivity index (χ0v) is 46.7. The predicted octanol–water partition coefficient (Wildman–Crippen LogP) is 20.3. The number of hydrogen-bond donors (Lipinski definition) is 0. The maximum Gasteiger partial charge on any atom is 0.306 e. The van der Waals surface area contributed by atoms with Crippen LogP contribution in [0.1, 0.15) is 290 Å². The Kier molecular flexibility index (Phi) is 56.3. The highest BCUT2D eigenvalue weighted by Crippen LogP contribution is 2.15. The van der Waals surface area contributed by atoms with Crippen LogP contribution in [0.2, 0.25) is 0 Å². The number of ether oxygens (including phenoxy) is 3. The second-order valence-electron chi connectivity index (χ2n) is 19.9. The van der Waals surface area contributed by atoms with E-state index < -0.39 is 6.10 Å². The summed E-state index contributed by atoms with van der Waals surface area (Å²) in [4.78, 5) is 38.2. The number of carbonyl (C=O) groups is 3. The van der Waals surface area contributed by atoms with Crippen molar-refractivity contribution in [3.8, 4) is 0 Å². The largest absolute Gasteiger partial charge is 0.462 e. The fourth-order valence-electron chi connectivity index (χ4n) is 8.35. The van der Waals surface area contributed by atoms with Crippen molar-refractivity contribution < 1.29 is 28.6 Å². The van der Waals surface area contributed by atoms with Gasteiger partial charge < -0.3 is 14.2 Å². The smallest absolute Gasteiger partial charge is 0.306 e. The van der Waals surface area contributed by atoms with Crippen molar-refractivity contribution in [2.45, 2.75) is 297 Å². The molecule has 0 aromatic heterocycles. The van der Waals surface area contributed by atoms with Crippen molar-refractivity contribution in [3.05, 3.63) is 85.1 Å². The minimum Gasteiger partial charge on any atom is -0.462 e. The quantitative estimate of drug-likeness (QED) is 0.0261. The van der Waals surface area contributed by atoms with Gasteiger partial charge in [-0.25, -0.2) is 0 Å². The first-order valence-corrected chi connectivity index (χ1v) is 30.1. The molecule has 6 nitrogen and oxygen atoms in total. The first-order chi connectivity index (χ1) is 35.0. The highest BCUT2D eigenvalue weighted by Gasteiger charge is 2.19. The lowest BCUT2D eigenvalue weighted by atomic mass is 10.0. The lowest BCUT2D eigenvalue weighted by Gasteiger charge is -2.18. The van der Waals surface area contributed by atoms with E-state index in [2.05, 4.69) is 106 Å². The molecular weight excluding hydrogens is 877 g/mol. The van der Waals surface area contributed by atoms with Crippen LogP contribution in [0.15, 0.2) is 85.1 Å². The van der Waals surface area contributed by atoms with Gasteiger partial charge in [0.15, 0.2) is 6.10 Å². The van der Waals surface area contributed by atoms with Gasteiger partial charge >= 0.3 is 17.9 Å². The Morgan fingerprint density at radius 2 is 0.563 bits per heavy atom. The second kappa shape index (κ2) is 59.2. The molecule has 0 radical (unpaired) electrons. The normalized spacial score (nSPS) is 12.7. The van der Waals surface area contributed by atoms with Crippen molar-refractivity contribution >= 4 is 17.9 Å². The molecule has 0 amide bonds. The molecule has 0 saturated heterocycles. The Morgan fingerprint density at radius 1 is 0.296 bits per heavy atom. The number of rotatable bonds is 54. The van der Waals surface area contributed by atoms with E-state index in [1.165, 1.54) is 154 Å². The van der Waals surface area contributed by atoms with E-state index in [-0.39, 0.29) is 37.5 Å². The standard InChI is InChI=1S/C65H112O6/c1-4-7-10-13-16-19-22-25-27-29-30-31-32-33-34-36-37-40-43-46-49-52-55-58-64(67)70-61-62(60-69-63(66)57-54-51-48-45-42-39-24-21-18-15-12-9-6-3)71-65(68)59-56-53-50-47-44-41-38-35-28-26-23-20-17-14-11-8-5-2/h8,11,17,20-21,24,26,28-30,38,41,47,50,62H,4-7,9-10,12-16,18-19,22-23,25,27,31-37,39-40,42-46,48-49,51-61H2,1-3H3/b11-8-,20-17-,24-21-,28-26-,30-29-,41-38-,50-47-. The maximum atomic E-state index is 12.8. The van der Waals surface area contributed by atoms with E-state index in [9.17, 15) is 14.4 Å². The van der Waals surface area contributed by atoms with Crippen LogP contribution in [0, 0.1) is 0 Å². The van der Waals surface area contributed by atoms with Crippen molar-refractivity contribution in [1.82, 2.24) is 0 Å². The van der Waals surface area contributed by atoms with E-state index in [0.717, 1.165) is 89.9 Å². The number of hydrogen-bond acceptors (Lipinski definition) is 6. The number of unbranched alkanes of at least 4 members (excludes halogenated alkanes) is 29. The molecular formula is C65H112O6. The van der Waals surface area contributed by atoms with Crippen molar-refractivity contribution in [1.29, 1.82) is 0 Å². The van der Waals surface area contributed by atoms with Gasteiger partial charge in [-0.15, -0.1) is 0 Å². The van der Waals surface area contributed by atoms with E-state index in [1.54, 1.807) is 0 Å². The molecule has 0 aliphatic heterocycles. The van der Waals surface area contributed by atoms with Crippen LogP contribution in [0.3, 0.4) is 0 Å². The first kappa shape index (κ1) is 67.6. The van der Waals surface area contributed by atoms with Crippen LogP contribution in [0.25, 0.3) is 0 Å². The first-order valence-electron chi connectivity index (χ1n) is 30.1. The summed E-state index contributed by atoms with van der Waals surface area (Å²) >= 11 is 0. The Labute approximate surface area is 439 Å². The fourth-order valence-corrected chi connectivity index (χ4v) is 8.35. The molecule has 0 spiro atoms. The molecule has 1 unspecified atom stereocenters. The minimum atomic E-state index is -0.810. The van der Waals surface area contributed by atoms with Gasteiger partial charge in [0.2, 0.25) is 0 Å². The Morgan fingerprint density at radius 3 is 0.930 bits per heavy atom. The summed E-state index contributed by atoms with van der Waals surface area (Å²) in [5.41, 5.74) is 0. The SMILES string of the molecule is CC/C=C\C/C=C\C/C=C\C/C=C\C/C=C\CCCC(=O)OC(COC(=O)CCCCCCC/C=C\CCCCCC)COC(=O)CCCCCCCCCCCCC/C=C\CCCCCCCCCC. The molecule has 0 aromatic carbocycles. The molecule has 0 saturated carbocycles. The van der Waals surface area contributed by atoms with Gasteiger partial charge in [0, 0.05) is 19.3 Å². The monoisotopic (exact) mass is 989 g/mol. The Balaban J connectivity index is 4.38. The van der Waals surface area contributed by atoms with E-state index >= 15 is 0 Å². The topological polar surface area (TPSA) is 78.9 Å². The summed E-state index contributed by atoms with van der Waals surface area (Å²) < 4.78 is 16.8. The molecule has 0 rings (SSSR count). The van der Waals surface area contributed by atoms with Crippen molar-refractivity contribution in [2.75, 3.05) is 13.2 Å². The summed E-state index contributed by atoms with van der Waals surface area (Å²) in [5.74, 6) is -0.963. The van der Waals surface area contributed by atoms with Crippen molar-refractivity contribution in [3.63, 3.8) is 0 Å². The summed E-state index contributed by atoms with van der Waals surface area (Å²) in [6.45, 7) is 6.47. The molecule has 0 fully saturated rings. The third-order valence-corrected chi connectivity index (χ3v) is 12.9. The summed E-state index contributed by atoms with van der Waals surface area (Å²) in [6.07, 6.45) is 77.3. The highest BCUT2D eigenvalue weighted by atomic mass is 16.6. The average molecular weight is 990 g/mol. The minimum absolute atomic E-state index is 0.101. The third-order valence-electron chi connectivity index (χ3n) is 12.9. The maximum absolute atomic E-state index is 12.8. The lowest BCUT2D eigenvalue weighted by Crippen LogP contribution is -2.30. The molecule has 0 aliphatic rings. The third kappa shape index (κ3) is 57.4. The van der Waals surface area contributed by atoms with Crippen LogP contribution >= 0.6 is 0 Å². The van der Waals surface area contributed by atoms with Gasteiger partial charge in [0.25, 0.3) is 0 Å². The molecule has 408 valence electrons. The van der Waals surface area contributed by atoms with E-state index in [0.29, 0.717) is 19.3 Å². The molecule has 1 atom stereocenters. The molecule has 0 N–H and O–H groups in total. The predicted molar refractivity (Wildman–Crippen MR) is 307 cm³/mol. The van der Waals surface area contributed by atoms with Gasteiger partial charge in [0.1, 0.15) is 13.2 Å². The number of esters is 3. The van der Waals surface area contributed by atoms with Crippen molar-refractivity contribution in [2.24, 2.45) is 0 Å². The van der Waals surface area contributed by atoms with Gasteiger partial charge in [0.05, 0.1) is 0 Å². The molecule has 0 aromatic rings. The van der Waals surface area contributed by atoms with Crippen LogP contribution in [-0.2, 0) is 28.6 Å². The Bertz CT molecular complexity index is 1370. The van der Waals surface area contributed by atoms with Crippen LogP contribution in [0.5, 0.6) is 0 Å². The molecule has 71 heavy (non-hydrogen) atoms. The van der Waals surface area contributed by atoms with Gasteiger partial charge in [-0.05, 0) is 109 Å². The molecule has 0 heterocycles. The summed E-state index contributed by atoms with van der Waals surface area (Å²) in [7, 11) is 0. The number of allylic oxidation sites excluding steroid dienone is 14. The molecule has 0 bridgehead atoms. The van der Waals surface area contributed by atoms with E-state index in [4.69, 9.17) is 14.2 Å². The lowest BCUT2D eigenvalue weighted by molar-refractivity contribution is -0.167. The van der Waals surface area contributed by atoms with Crippen LogP contribution < -0.4 is 0 Å². The Hall–Kier alpha value is -3.41. The molecule has 0 aliphatic carbocycles. The van der Waals surface area contributed by atoms with E-state index in [1.807, 2.05) is 0 Å². The van der Waals surface area contributed by atoms with Gasteiger partial charge in [-0.1, -0.05) is 247 Å². The van der Waals surface area contributed by atoms with Gasteiger partial charge in [-0.2, -0.15) is 0 Å². The van der Waals surface area contributed by atoms with Crippen LogP contribution in [0.4, 0.5) is 0 Å². The zero-order chi connectivity index (χ0) is 51.4. The number of carbonyl (C=O) groups excluding carboxylic acids is 3. The summed E-state index contributed by atoms with van der Waals surface area (Å²) in [6, 6.07) is 0. The average Bonchev–Trinajstić information content (AvgIpc) is 3.37. The fraction of sp³-hybridized carbons (Fsp3) is 0.738. The molecule has 6 heteroatoms. The summed E-state index contributed by atoms with van der Waals surface area (Å²) in [5, 5.41) is 0. The van der Waals surface area contributed by atoms with Crippen LogP contribution in [-0.4, -0.2) is 37.2 Å². The van der Waals surface area contributed by atoms with Gasteiger partial charge in [-0.3, -0.25) is 14.4 Å². The second-order valence-corrected chi connectivity index (χ2v) is 19.9. The zero-order valence-electron chi connectivity index (χ0n) is 46.7. The highest BCUT2D eigenvalue weighted by molar-refractivity contribution is 5.71.